The number of aromatic amines is 1. The van der Waals surface area contributed by atoms with Crippen LogP contribution >= 0.6 is 0 Å². The van der Waals surface area contributed by atoms with Crippen molar-refractivity contribution in [2.75, 3.05) is 7.11 Å². The molecule has 0 radical (unpaired) electrons. The van der Waals surface area contributed by atoms with E-state index in [0.717, 1.165) is 5.39 Å². The van der Waals surface area contributed by atoms with Gasteiger partial charge < -0.3 is 14.8 Å². The number of methoxy groups -OCH3 is 1. The molecule has 0 spiro atoms. The Morgan fingerprint density at radius 2 is 2.21 bits per heavy atom. The van der Waals surface area contributed by atoms with Gasteiger partial charge in [0.05, 0.1) is 12.7 Å². The molecule has 1 heterocycles. The van der Waals surface area contributed by atoms with E-state index in [4.69, 9.17) is 0 Å². The SMILES string of the molecule is COC(=O)c1ccc2cc(O)[nH]c2c1. The number of carbonyl (C=O) groups excluding carboxylic acids is 1. The lowest BCUT2D eigenvalue weighted by molar-refractivity contribution is 0.0601. The van der Waals surface area contributed by atoms with E-state index in [1.807, 2.05) is 0 Å². The third kappa shape index (κ3) is 1.31. The van der Waals surface area contributed by atoms with E-state index in [1.54, 1.807) is 24.3 Å². The normalized spacial score (nSPS) is 10.4. The lowest BCUT2D eigenvalue weighted by atomic mass is 10.2. The second-order valence-corrected chi connectivity index (χ2v) is 2.95. The van der Waals surface area contributed by atoms with Gasteiger partial charge >= 0.3 is 5.97 Å². The van der Waals surface area contributed by atoms with Crippen LogP contribution in [0.2, 0.25) is 0 Å². The Morgan fingerprint density at radius 3 is 2.93 bits per heavy atom. The molecular weight excluding hydrogens is 182 g/mol. The minimum Gasteiger partial charge on any atom is -0.495 e. The highest BCUT2D eigenvalue weighted by Crippen LogP contribution is 2.20. The molecule has 14 heavy (non-hydrogen) atoms. The number of carbonyl (C=O) groups is 1. The van der Waals surface area contributed by atoms with Gasteiger partial charge in [0.2, 0.25) is 0 Å². The quantitative estimate of drug-likeness (QED) is 0.674. The standard InChI is InChI=1S/C10H9NO3/c1-14-10(13)7-3-2-6-5-9(12)11-8(6)4-7/h2-5,11-12H,1H3. The minimum atomic E-state index is -0.388. The molecule has 4 nitrogen and oxygen atoms in total. The summed E-state index contributed by atoms with van der Waals surface area (Å²) in [5, 5.41) is 10.0. The maximum atomic E-state index is 11.2. The monoisotopic (exact) mass is 191 g/mol. The van der Waals surface area contributed by atoms with Crippen molar-refractivity contribution in [3.63, 3.8) is 0 Å². The van der Waals surface area contributed by atoms with Crippen molar-refractivity contribution in [1.82, 2.24) is 4.98 Å². The fourth-order valence-electron chi connectivity index (χ4n) is 1.36. The van der Waals surface area contributed by atoms with Gasteiger partial charge in [-0.15, -0.1) is 0 Å². The number of rotatable bonds is 1. The summed E-state index contributed by atoms with van der Waals surface area (Å²) in [5.41, 5.74) is 1.17. The zero-order valence-corrected chi connectivity index (χ0v) is 7.57. The topological polar surface area (TPSA) is 62.3 Å². The summed E-state index contributed by atoms with van der Waals surface area (Å²) in [7, 11) is 1.33. The van der Waals surface area contributed by atoms with Crippen molar-refractivity contribution in [1.29, 1.82) is 0 Å². The van der Waals surface area contributed by atoms with E-state index in [1.165, 1.54) is 7.11 Å². The molecule has 0 saturated heterocycles. The Kier molecular flexibility index (Phi) is 1.89. The molecule has 0 amide bonds. The molecule has 2 N–H and O–H groups in total. The first-order valence-electron chi connectivity index (χ1n) is 4.11. The van der Waals surface area contributed by atoms with E-state index in [9.17, 15) is 9.90 Å². The largest absolute Gasteiger partial charge is 0.495 e. The van der Waals surface area contributed by atoms with Gasteiger partial charge in [-0.2, -0.15) is 0 Å². The van der Waals surface area contributed by atoms with Crippen molar-refractivity contribution in [2.24, 2.45) is 0 Å². The van der Waals surface area contributed by atoms with Crippen molar-refractivity contribution >= 4 is 16.9 Å². The van der Waals surface area contributed by atoms with Crippen molar-refractivity contribution < 1.29 is 14.6 Å². The first-order valence-corrected chi connectivity index (χ1v) is 4.11. The second-order valence-electron chi connectivity index (χ2n) is 2.95. The molecular formula is C10H9NO3. The van der Waals surface area contributed by atoms with Crippen LogP contribution in [0, 0.1) is 0 Å². The summed E-state index contributed by atoms with van der Waals surface area (Å²) in [6, 6.07) is 6.64. The third-order valence-corrected chi connectivity index (χ3v) is 2.03. The number of aromatic hydroxyl groups is 1. The number of hydrogen-bond donors (Lipinski definition) is 2. The van der Waals surface area contributed by atoms with Gasteiger partial charge in [0.25, 0.3) is 0 Å². The number of fused-ring (bicyclic) bond motifs is 1. The molecule has 0 bridgehead atoms. The number of H-pyrrole nitrogens is 1. The van der Waals surface area contributed by atoms with Gasteiger partial charge in [0.15, 0.2) is 5.88 Å². The fraction of sp³-hybridized carbons (Fsp3) is 0.100. The summed E-state index contributed by atoms with van der Waals surface area (Å²) >= 11 is 0. The number of nitrogens with one attached hydrogen (secondary N) is 1. The summed E-state index contributed by atoms with van der Waals surface area (Å²) < 4.78 is 4.58. The summed E-state index contributed by atoms with van der Waals surface area (Å²) in [4.78, 5) is 13.9. The lowest BCUT2D eigenvalue weighted by Crippen LogP contribution is -2.00. The number of hydrogen-bond acceptors (Lipinski definition) is 3. The Hall–Kier alpha value is -1.97. The Balaban J connectivity index is 2.55. The first kappa shape index (κ1) is 8.62. The van der Waals surface area contributed by atoms with E-state index in [2.05, 4.69) is 9.72 Å². The van der Waals surface area contributed by atoms with E-state index >= 15 is 0 Å². The van der Waals surface area contributed by atoms with E-state index in [0.29, 0.717) is 11.1 Å². The summed E-state index contributed by atoms with van der Waals surface area (Å²) in [6.07, 6.45) is 0. The molecule has 4 heteroatoms. The summed E-state index contributed by atoms with van der Waals surface area (Å²) in [5.74, 6) is -0.303. The van der Waals surface area contributed by atoms with Crippen LogP contribution in [0.5, 0.6) is 5.88 Å². The number of ether oxygens (including phenoxy) is 1. The highest BCUT2D eigenvalue weighted by molar-refractivity contribution is 5.94. The number of benzene rings is 1. The van der Waals surface area contributed by atoms with Gasteiger partial charge in [-0.25, -0.2) is 4.79 Å². The molecule has 0 aliphatic carbocycles. The lowest BCUT2D eigenvalue weighted by Gasteiger charge is -1.98. The van der Waals surface area contributed by atoms with Crippen LogP contribution in [0.15, 0.2) is 24.3 Å². The Bertz CT molecular complexity index is 487. The molecule has 0 fully saturated rings. The average Bonchev–Trinajstić information content (AvgIpc) is 2.55. The van der Waals surface area contributed by atoms with Gasteiger partial charge in [-0.3, -0.25) is 0 Å². The van der Waals surface area contributed by atoms with Crippen LogP contribution in [-0.2, 0) is 4.74 Å². The predicted molar refractivity (Wildman–Crippen MR) is 51.3 cm³/mol. The third-order valence-electron chi connectivity index (χ3n) is 2.03. The molecule has 1 aromatic carbocycles. The molecule has 0 aliphatic heterocycles. The smallest absolute Gasteiger partial charge is 0.337 e. The predicted octanol–water partition coefficient (Wildman–Crippen LogP) is 1.66. The molecule has 0 unspecified atom stereocenters. The van der Waals surface area contributed by atoms with Crippen molar-refractivity contribution in [3.05, 3.63) is 29.8 Å². The molecule has 2 aromatic rings. The zero-order chi connectivity index (χ0) is 10.1. The van der Waals surface area contributed by atoms with Crippen LogP contribution in [0.4, 0.5) is 0 Å². The Labute approximate surface area is 80.1 Å². The van der Waals surface area contributed by atoms with Crippen LogP contribution in [0.1, 0.15) is 10.4 Å². The maximum Gasteiger partial charge on any atom is 0.337 e. The van der Waals surface area contributed by atoms with E-state index in [-0.39, 0.29) is 11.8 Å². The molecule has 0 atom stereocenters. The molecule has 72 valence electrons. The fourth-order valence-corrected chi connectivity index (χ4v) is 1.36. The highest BCUT2D eigenvalue weighted by Gasteiger charge is 2.07. The molecule has 1 aromatic heterocycles. The molecule has 0 saturated carbocycles. The molecule has 2 rings (SSSR count). The van der Waals surface area contributed by atoms with Gasteiger partial charge in [-0.05, 0) is 12.1 Å². The van der Waals surface area contributed by atoms with Crippen LogP contribution in [0.3, 0.4) is 0 Å². The van der Waals surface area contributed by atoms with Crippen LogP contribution in [0.25, 0.3) is 10.9 Å². The first-order chi connectivity index (χ1) is 6.70. The Morgan fingerprint density at radius 1 is 1.43 bits per heavy atom. The molecule has 0 aliphatic rings. The van der Waals surface area contributed by atoms with Crippen molar-refractivity contribution in [3.8, 4) is 5.88 Å². The van der Waals surface area contributed by atoms with E-state index < -0.39 is 0 Å². The zero-order valence-electron chi connectivity index (χ0n) is 7.57. The van der Waals surface area contributed by atoms with Crippen molar-refractivity contribution in [2.45, 2.75) is 0 Å². The van der Waals surface area contributed by atoms with Gasteiger partial charge in [0.1, 0.15) is 0 Å². The number of esters is 1. The van der Waals surface area contributed by atoms with Gasteiger partial charge in [-0.1, -0.05) is 6.07 Å². The van der Waals surface area contributed by atoms with Gasteiger partial charge in [0, 0.05) is 17.0 Å². The second kappa shape index (κ2) is 3.06. The van der Waals surface area contributed by atoms with Crippen LogP contribution < -0.4 is 0 Å². The average molecular weight is 191 g/mol. The highest BCUT2D eigenvalue weighted by atomic mass is 16.5. The number of aromatic nitrogens is 1. The maximum absolute atomic E-state index is 11.2. The minimum absolute atomic E-state index is 0.0852. The van der Waals surface area contributed by atoms with Crippen LogP contribution in [-0.4, -0.2) is 23.2 Å². The summed E-state index contributed by atoms with van der Waals surface area (Å²) in [6.45, 7) is 0.